The first kappa shape index (κ1) is 13.1. The first-order valence-corrected chi connectivity index (χ1v) is 6.06. The topological polar surface area (TPSA) is 94.0 Å². The van der Waals surface area contributed by atoms with Crippen molar-refractivity contribution < 1.29 is 9.21 Å². The van der Waals surface area contributed by atoms with E-state index in [0.717, 1.165) is 18.6 Å². The number of aryl methyl sites for hydroxylation is 1. The summed E-state index contributed by atoms with van der Waals surface area (Å²) in [5.74, 6) is 0.732. The van der Waals surface area contributed by atoms with Gasteiger partial charge in [-0.25, -0.2) is 9.97 Å². The van der Waals surface area contributed by atoms with E-state index in [0.29, 0.717) is 0 Å². The fourth-order valence-corrected chi connectivity index (χ4v) is 1.70. The number of carbonyl (C=O) groups is 1. The number of aromatic nitrogens is 2. The molecule has 0 spiro atoms. The molecule has 1 atom stereocenters. The Morgan fingerprint density at radius 1 is 1.47 bits per heavy atom. The Kier molecular flexibility index (Phi) is 4.12. The lowest BCUT2D eigenvalue weighted by Gasteiger charge is -2.13. The molecule has 100 valence electrons. The van der Waals surface area contributed by atoms with Gasteiger partial charge in [0.15, 0.2) is 11.5 Å². The van der Waals surface area contributed by atoms with Gasteiger partial charge in [0, 0.05) is 24.9 Å². The van der Waals surface area contributed by atoms with Gasteiger partial charge in [0.25, 0.3) is 5.91 Å². The van der Waals surface area contributed by atoms with Gasteiger partial charge in [0.2, 0.25) is 0 Å². The molecule has 0 saturated carbocycles. The number of nitrogen functional groups attached to an aromatic ring is 1. The zero-order valence-electron chi connectivity index (χ0n) is 10.7. The summed E-state index contributed by atoms with van der Waals surface area (Å²) in [4.78, 5) is 19.7. The van der Waals surface area contributed by atoms with Crippen molar-refractivity contribution in [3.05, 3.63) is 42.2 Å². The fourth-order valence-electron chi connectivity index (χ4n) is 1.70. The molecule has 0 radical (unpaired) electrons. The number of furan rings is 1. The van der Waals surface area contributed by atoms with Crippen molar-refractivity contribution in [2.45, 2.75) is 25.8 Å². The molecule has 0 aliphatic rings. The Morgan fingerprint density at radius 3 is 2.95 bits per heavy atom. The highest BCUT2D eigenvalue weighted by Crippen LogP contribution is 2.07. The van der Waals surface area contributed by atoms with Crippen LogP contribution in [0.25, 0.3) is 0 Å². The molecule has 1 amide bonds. The first-order valence-electron chi connectivity index (χ1n) is 6.06. The third kappa shape index (κ3) is 3.54. The Labute approximate surface area is 111 Å². The molecule has 2 rings (SSSR count). The van der Waals surface area contributed by atoms with Crippen molar-refractivity contribution in [1.82, 2.24) is 15.3 Å². The Morgan fingerprint density at radius 2 is 2.26 bits per heavy atom. The van der Waals surface area contributed by atoms with E-state index < -0.39 is 0 Å². The number of carbonyl (C=O) groups excluding carboxylic acids is 1. The summed E-state index contributed by atoms with van der Waals surface area (Å²) in [5, 5.41) is 2.84. The minimum absolute atomic E-state index is 0.000920. The molecule has 2 aromatic heterocycles. The van der Waals surface area contributed by atoms with Gasteiger partial charge >= 0.3 is 0 Å². The summed E-state index contributed by atoms with van der Waals surface area (Å²) in [5.41, 5.74) is 5.76. The number of hydrogen-bond acceptors (Lipinski definition) is 5. The second kappa shape index (κ2) is 5.99. The quantitative estimate of drug-likeness (QED) is 0.847. The molecule has 1 unspecified atom stereocenters. The van der Waals surface area contributed by atoms with Gasteiger partial charge in [0.1, 0.15) is 5.76 Å². The van der Waals surface area contributed by atoms with Crippen molar-refractivity contribution in [2.75, 3.05) is 5.73 Å². The maximum Gasteiger partial charge on any atom is 0.273 e. The molecular formula is C13H16N4O2. The maximum atomic E-state index is 11.9. The smallest absolute Gasteiger partial charge is 0.273 e. The number of nitrogens with two attached hydrogens (primary N) is 1. The summed E-state index contributed by atoms with van der Waals surface area (Å²) in [6, 6.07) is 3.76. The third-order valence-corrected chi connectivity index (χ3v) is 2.72. The van der Waals surface area contributed by atoms with E-state index in [-0.39, 0.29) is 23.5 Å². The molecular weight excluding hydrogens is 244 g/mol. The van der Waals surface area contributed by atoms with Crippen LogP contribution in [0.15, 0.2) is 35.2 Å². The van der Waals surface area contributed by atoms with Crippen molar-refractivity contribution in [2.24, 2.45) is 0 Å². The van der Waals surface area contributed by atoms with Crippen LogP contribution < -0.4 is 11.1 Å². The van der Waals surface area contributed by atoms with Crippen LogP contribution in [0.1, 0.15) is 29.6 Å². The maximum absolute atomic E-state index is 11.9. The number of nitrogens with one attached hydrogen (secondary N) is 1. The summed E-state index contributed by atoms with van der Waals surface area (Å²) in [6.07, 6.45) is 6.08. The second-order valence-corrected chi connectivity index (χ2v) is 4.28. The van der Waals surface area contributed by atoms with Crippen LogP contribution in [-0.4, -0.2) is 21.9 Å². The molecule has 0 aliphatic carbocycles. The monoisotopic (exact) mass is 260 g/mol. The van der Waals surface area contributed by atoms with Crippen LogP contribution in [0, 0.1) is 0 Å². The van der Waals surface area contributed by atoms with Gasteiger partial charge in [-0.3, -0.25) is 4.79 Å². The highest BCUT2D eigenvalue weighted by molar-refractivity contribution is 5.96. The SMILES string of the molecule is CC(CCc1ccco1)NC(=O)c1nccnc1N. The van der Waals surface area contributed by atoms with E-state index in [4.69, 9.17) is 10.2 Å². The number of nitrogens with zero attached hydrogens (tertiary/aromatic N) is 2. The lowest BCUT2D eigenvalue weighted by atomic mass is 10.1. The molecule has 19 heavy (non-hydrogen) atoms. The molecule has 0 aliphatic heterocycles. The number of hydrogen-bond donors (Lipinski definition) is 2. The standard InChI is InChI=1S/C13H16N4O2/c1-9(4-5-10-3-2-8-19-10)17-13(18)11-12(14)16-7-6-15-11/h2-3,6-9H,4-5H2,1H3,(H2,14,16)(H,17,18). The van der Waals surface area contributed by atoms with E-state index in [1.54, 1.807) is 6.26 Å². The number of amides is 1. The molecule has 2 aromatic rings. The first-order chi connectivity index (χ1) is 9.16. The minimum Gasteiger partial charge on any atom is -0.469 e. The van der Waals surface area contributed by atoms with Crippen molar-refractivity contribution in [3.63, 3.8) is 0 Å². The number of anilines is 1. The van der Waals surface area contributed by atoms with E-state index in [2.05, 4.69) is 15.3 Å². The molecule has 2 heterocycles. The molecule has 6 nitrogen and oxygen atoms in total. The van der Waals surface area contributed by atoms with Crippen molar-refractivity contribution in [1.29, 1.82) is 0 Å². The Balaban J connectivity index is 1.87. The van der Waals surface area contributed by atoms with Crippen LogP contribution in [0.3, 0.4) is 0 Å². The minimum atomic E-state index is -0.308. The molecule has 0 aromatic carbocycles. The molecule has 3 N–H and O–H groups in total. The van der Waals surface area contributed by atoms with Crippen molar-refractivity contribution in [3.8, 4) is 0 Å². The summed E-state index contributed by atoms with van der Waals surface area (Å²) < 4.78 is 5.24. The summed E-state index contributed by atoms with van der Waals surface area (Å²) >= 11 is 0. The molecule has 0 fully saturated rings. The van der Waals surface area contributed by atoms with Crippen LogP contribution in [0.2, 0.25) is 0 Å². The lowest BCUT2D eigenvalue weighted by molar-refractivity contribution is 0.0933. The summed E-state index contributed by atoms with van der Waals surface area (Å²) in [6.45, 7) is 1.92. The van der Waals surface area contributed by atoms with Crippen molar-refractivity contribution >= 4 is 11.7 Å². The zero-order valence-corrected chi connectivity index (χ0v) is 10.7. The van der Waals surface area contributed by atoms with Crippen LogP contribution >= 0.6 is 0 Å². The second-order valence-electron chi connectivity index (χ2n) is 4.28. The van der Waals surface area contributed by atoms with Crippen LogP contribution in [0.5, 0.6) is 0 Å². The summed E-state index contributed by atoms with van der Waals surface area (Å²) in [7, 11) is 0. The molecule has 0 bridgehead atoms. The van der Waals surface area contributed by atoms with Gasteiger partial charge in [-0.1, -0.05) is 0 Å². The Bertz CT molecular complexity index is 539. The third-order valence-electron chi connectivity index (χ3n) is 2.72. The zero-order chi connectivity index (χ0) is 13.7. The Hall–Kier alpha value is -2.37. The highest BCUT2D eigenvalue weighted by atomic mass is 16.3. The van der Waals surface area contributed by atoms with Crippen LogP contribution in [0.4, 0.5) is 5.82 Å². The fraction of sp³-hybridized carbons (Fsp3) is 0.308. The van der Waals surface area contributed by atoms with Crippen LogP contribution in [-0.2, 0) is 6.42 Å². The average molecular weight is 260 g/mol. The molecule has 6 heteroatoms. The number of rotatable bonds is 5. The highest BCUT2D eigenvalue weighted by Gasteiger charge is 2.14. The van der Waals surface area contributed by atoms with E-state index >= 15 is 0 Å². The van der Waals surface area contributed by atoms with Gasteiger partial charge in [-0.2, -0.15) is 0 Å². The van der Waals surface area contributed by atoms with E-state index in [1.165, 1.54) is 12.4 Å². The van der Waals surface area contributed by atoms with Gasteiger partial charge in [-0.15, -0.1) is 0 Å². The van der Waals surface area contributed by atoms with E-state index in [1.807, 2.05) is 19.1 Å². The van der Waals surface area contributed by atoms with E-state index in [9.17, 15) is 4.79 Å². The predicted molar refractivity (Wildman–Crippen MR) is 70.4 cm³/mol. The largest absolute Gasteiger partial charge is 0.469 e. The van der Waals surface area contributed by atoms with Gasteiger partial charge < -0.3 is 15.5 Å². The van der Waals surface area contributed by atoms with Gasteiger partial charge in [0.05, 0.1) is 6.26 Å². The lowest BCUT2D eigenvalue weighted by Crippen LogP contribution is -2.34. The normalized spacial score (nSPS) is 12.1. The van der Waals surface area contributed by atoms with Gasteiger partial charge in [-0.05, 0) is 25.5 Å². The molecule has 0 saturated heterocycles. The average Bonchev–Trinajstić information content (AvgIpc) is 2.90. The predicted octanol–water partition coefficient (Wildman–Crippen LogP) is 1.40.